The molecule has 0 aromatic heterocycles. The van der Waals surface area contributed by atoms with Crippen molar-refractivity contribution in [3.05, 3.63) is 35.9 Å². The molecule has 1 heterocycles. The van der Waals surface area contributed by atoms with Gasteiger partial charge >= 0.3 is 0 Å². The van der Waals surface area contributed by atoms with Crippen LogP contribution in [0.4, 0.5) is 0 Å². The van der Waals surface area contributed by atoms with E-state index in [9.17, 15) is 0 Å². The molecule has 1 aliphatic heterocycles. The van der Waals surface area contributed by atoms with E-state index in [0.29, 0.717) is 5.92 Å². The number of nitrogens with zero attached hydrogens (tertiary/aromatic N) is 1. The number of nitrogens with one attached hydrogen (secondary N) is 2. The van der Waals surface area contributed by atoms with E-state index in [0.717, 1.165) is 26.2 Å². The standard InChI is InChI=1S/C15H25N3/c1-14(15-5-3-2-4-6-15)13-17-9-12-18-10-7-16-8-11-18/h2-6,14,16-17H,7-13H2,1H3. The lowest BCUT2D eigenvalue weighted by Crippen LogP contribution is -2.45. The highest BCUT2D eigenvalue weighted by molar-refractivity contribution is 5.18. The molecule has 1 fully saturated rings. The molecule has 1 unspecified atom stereocenters. The van der Waals surface area contributed by atoms with Crippen molar-refractivity contribution in [2.45, 2.75) is 12.8 Å². The Hall–Kier alpha value is -0.900. The van der Waals surface area contributed by atoms with Gasteiger partial charge in [-0.05, 0) is 11.5 Å². The lowest BCUT2D eigenvalue weighted by molar-refractivity contribution is 0.241. The maximum Gasteiger partial charge on any atom is 0.0108 e. The van der Waals surface area contributed by atoms with Crippen LogP contribution in [-0.4, -0.2) is 50.7 Å². The molecule has 0 saturated carbocycles. The molecule has 0 radical (unpaired) electrons. The van der Waals surface area contributed by atoms with Gasteiger partial charge in [0.2, 0.25) is 0 Å². The van der Waals surface area contributed by atoms with E-state index >= 15 is 0 Å². The molecule has 2 N–H and O–H groups in total. The summed E-state index contributed by atoms with van der Waals surface area (Å²) in [6, 6.07) is 10.7. The topological polar surface area (TPSA) is 27.3 Å². The molecule has 100 valence electrons. The average molecular weight is 247 g/mol. The van der Waals surface area contributed by atoms with Crippen LogP contribution in [0.2, 0.25) is 0 Å². The Bertz CT molecular complexity index is 320. The van der Waals surface area contributed by atoms with Gasteiger partial charge in [-0.15, -0.1) is 0 Å². The summed E-state index contributed by atoms with van der Waals surface area (Å²) >= 11 is 0. The van der Waals surface area contributed by atoms with Crippen molar-refractivity contribution in [2.75, 3.05) is 45.8 Å². The largest absolute Gasteiger partial charge is 0.315 e. The van der Waals surface area contributed by atoms with E-state index in [1.807, 2.05) is 0 Å². The van der Waals surface area contributed by atoms with Gasteiger partial charge in [-0.2, -0.15) is 0 Å². The lowest BCUT2D eigenvalue weighted by atomic mass is 10.0. The second-order valence-electron chi connectivity index (χ2n) is 5.11. The highest BCUT2D eigenvalue weighted by Crippen LogP contribution is 2.12. The van der Waals surface area contributed by atoms with Gasteiger partial charge in [0, 0.05) is 45.8 Å². The SMILES string of the molecule is CC(CNCCN1CCNCC1)c1ccccc1. The van der Waals surface area contributed by atoms with Crippen LogP contribution in [0.3, 0.4) is 0 Å². The summed E-state index contributed by atoms with van der Waals surface area (Å²) in [5, 5.41) is 6.95. The van der Waals surface area contributed by atoms with Crippen molar-refractivity contribution < 1.29 is 0 Å². The molecule has 2 rings (SSSR count). The zero-order valence-corrected chi connectivity index (χ0v) is 11.4. The Morgan fingerprint density at radius 1 is 1.22 bits per heavy atom. The summed E-state index contributed by atoms with van der Waals surface area (Å²) in [7, 11) is 0. The predicted octanol–water partition coefficient (Wildman–Crippen LogP) is 1.28. The van der Waals surface area contributed by atoms with Gasteiger partial charge in [-0.3, -0.25) is 4.90 Å². The van der Waals surface area contributed by atoms with Gasteiger partial charge < -0.3 is 10.6 Å². The summed E-state index contributed by atoms with van der Waals surface area (Å²) in [5.41, 5.74) is 1.42. The van der Waals surface area contributed by atoms with Gasteiger partial charge in [0.1, 0.15) is 0 Å². The zero-order chi connectivity index (χ0) is 12.6. The third-order valence-corrected chi connectivity index (χ3v) is 3.63. The number of benzene rings is 1. The van der Waals surface area contributed by atoms with Crippen molar-refractivity contribution in [3.63, 3.8) is 0 Å². The Morgan fingerprint density at radius 2 is 1.94 bits per heavy atom. The second-order valence-corrected chi connectivity index (χ2v) is 5.11. The van der Waals surface area contributed by atoms with E-state index in [2.05, 4.69) is 52.8 Å². The molecular weight excluding hydrogens is 222 g/mol. The third kappa shape index (κ3) is 4.41. The van der Waals surface area contributed by atoms with E-state index in [1.54, 1.807) is 0 Å². The minimum absolute atomic E-state index is 0.592. The van der Waals surface area contributed by atoms with Gasteiger partial charge in [0.05, 0.1) is 0 Å². The molecule has 0 amide bonds. The molecule has 0 bridgehead atoms. The van der Waals surface area contributed by atoms with E-state index in [1.165, 1.54) is 25.2 Å². The second kappa shape index (κ2) is 7.52. The molecule has 3 nitrogen and oxygen atoms in total. The van der Waals surface area contributed by atoms with E-state index in [-0.39, 0.29) is 0 Å². The van der Waals surface area contributed by atoms with Gasteiger partial charge in [-0.1, -0.05) is 37.3 Å². The smallest absolute Gasteiger partial charge is 0.0108 e. The van der Waals surface area contributed by atoms with Crippen molar-refractivity contribution in [1.82, 2.24) is 15.5 Å². The summed E-state index contributed by atoms with van der Waals surface area (Å²) in [6.45, 7) is 10.3. The van der Waals surface area contributed by atoms with Crippen LogP contribution < -0.4 is 10.6 Å². The Labute approximate surface area is 111 Å². The first kappa shape index (κ1) is 13.5. The zero-order valence-electron chi connectivity index (χ0n) is 11.4. The van der Waals surface area contributed by atoms with Crippen LogP contribution in [0.25, 0.3) is 0 Å². The number of piperazine rings is 1. The van der Waals surface area contributed by atoms with E-state index in [4.69, 9.17) is 0 Å². The molecule has 1 aliphatic rings. The van der Waals surface area contributed by atoms with Crippen molar-refractivity contribution >= 4 is 0 Å². The van der Waals surface area contributed by atoms with Crippen LogP contribution in [0.5, 0.6) is 0 Å². The summed E-state index contributed by atoms with van der Waals surface area (Å²) < 4.78 is 0. The first-order chi connectivity index (χ1) is 8.86. The lowest BCUT2D eigenvalue weighted by Gasteiger charge is -2.27. The van der Waals surface area contributed by atoms with Crippen LogP contribution in [-0.2, 0) is 0 Å². The quantitative estimate of drug-likeness (QED) is 0.742. The van der Waals surface area contributed by atoms with Gasteiger partial charge in [-0.25, -0.2) is 0 Å². The maximum atomic E-state index is 3.57. The first-order valence-corrected chi connectivity index (χ1v) is 7.05. The van der Waals surface area contributed by atoms with Crippen molar-refractivity contribution in [2.24, 2.45) is 0 Å². The van der Waals surface area contributed by atoms with Crippen LogP contribution in [0, 0.1) is 0 Å². The molecular formula is C15H25N3. The molecule has 3 heteroatoms. The molecule has 0 aliphatic carbocycles. The molecule has 0 spiro atoms. The molecule has 1 aromatic rings. The Balaban J connectivity index is 1.60. The first-order valence-electron chi connectivity index (χ1n) is 7.05. The molecule has 1 aromatic carbocycles. The predicted molar refractivity (Wildman–Crippen MR) is 77.0 cm³/mol. The third-order valence-electron chi connectivity index (χ3n) is 3.63. The average Bonchev–Trinajstić information content (AvgIpc) is 2.45. The Kier molecular flexibility index (Phi) is 5.65. The fraction of sp³-hybridized carbons (Fsp3) is 0.600. The summed E-state index contributed by atoms with van der Waals surface area (Å²) in [4.78, 5) is 2.52. The maximum absolute atomic E-state index is 3.57. The normalized spacial score (nSPS) is 18.7. The minimum atomic E-state index is 0.592. The highest BCUT2D eigenvalue weighted by atomic mass is 15.2. The van der Waals surface area contributed by atoms with Gasteiger partial charge in [0.15, 0.2) is 0 Å². The number of rotatable bonds is 6. The number of hydrogen-bond donors (Lipinski definition) is 2. The van der Waals surface area contributed by atoms with Crippen LogP contribution >= 0.6 is 0 Å². The van der Waals surface area contributed by atoms with Crippen molar-refractivity contribution in [1.29, 1.82) is 0 Å². The van der Waals surface area contributed by atoms with Crippen molar-refractivity contribution in [3.8, 4) is 0 Å². The van der Waals surface area contributed by atoms with Crippen LogP contribution in [0.1, 0.15) is 18.4 Å². The molecule has 1 saturated heterocycles. The Morgan fingerprint density at radius 3 is 2.67 bits per heavy atom. The minimum Gasteiger partial charge on any atom is -0.315 e. The summed E-state index contributed by atoms with van der Waals surface area (Å²) in [6.07, 6.45) is 0. The van der Waals surface area contributed by atoms with Gasteiger partial charge in [0.25, 0.3) is 0 Å². The fourth-order valence-corrected chi connectivity index (χ4v) is 2.39. The van der Waals surface area contributed by atoms with E-state index < -0.39 is 0 Å². The highest BCUT2D eigenvalue weighted by Gasteiger charge is 2.09. The number of hydrogen-bond acceptors (Lipinski definition) is 3. The monoisotopic (exact) mass is 247 g/mol. The molecule has 18 heavy (non-hydrogen) atoms. The summed E-state index contributed by atoms with van der Waals surface area (Å²) in [5.74, 6) is 0.592. The van der Waals surface area contributed by atoms with Crippen LogP contribution in [0.15, 0.2) is 30.3 Å². The fourth-order valence-electron chi connectivity index (χ4n) is 2.39. The molecule has 1 atom stereocenters.